The Labute approximate surface area is 162 Å². The molecular weight excluding hydrogens is 366 g/mol. The van der Waals surface area contributed by atoms with Crippen LogP contribution >= 0.6 is 0 Å². The summed E-state index contributed by atoms with van der Waals surface area (Å²) in [5, 5.41) is 15.7. The first-order chi connectivity index (χ1) is 13.1. The van der Waals surface area contributed by atoms with Crippen LogP contribution in [0.25, 0.3) is 0 Å². The Morgan fingerprint density at radius 3 is 2.18 bits per heavy atom. The van der Waals surface area contributed by atoms with Crippen LogP contribution < -0.4 is 10.6 Å². The maximum absolute atomic E-state index is 13.2. The number of aliphatic hydroxyl groups is 1. The van der Waals surface area contributed by atoms with Gasteiger partial charge < -0.3 is 5.11 Å². The Balaban J connectivity index is 2.01. The molecule has 0 saturated heterocycles. The van der Waals surface area contributed by atoms with Gasteiger partial charge in [-0.25, -0.2) is 8.78 Å². The summed E-state index contributed by atoms with van der Waals surface area (Å²) >= 11 is 0. The van der Waals surface area contributed by atoms with Crippen molar-refractivity contribution < 1.29 is 23.5 Å². The van der Waals surface area contributed by atoms with Gasteiger partial charge in [0.25, 0.3) is 0 Å². The van der Waals surface area contributed by atoms with Gasteiger partial charge in [-0.1, -0.05) is 30.3 Å². The lowest BCUT2D eigenvalue weighted by Crippen LogP contribution is -2.50. The zero-order valence-corrected chi connectivity index (χ0v) is 16.0. The van der Waals surface area contributed by atoms with E-state index in [0.717, 1.165) is 17.7 Å². The van der Waals surface area contributed by atoms with Crippen LogP contribution in [0, 0.1) is 11.6 Å². The van der Waals surface area contributed by atoms with Crippen LogP contribution in [0.15, 0.2) is 48.5 Å². The van der Waals surface area contributed by atoms with Gasteiger partial charge in [0.15, 0.2) is 0 Å². The second kappa shape index (κ2) is 9.03. The molecule has 150 valence electrons. The summed E-state index contributed by atoms with van der Waals surface area (Å²) in [5.74, 6) is -2.87. The highest BCUT2D eigenvalue weighted by atomic mass is 19.1. The molecule has 0 spiro atoms. The second-order valence-electron chi connectivity index (χ2n) is 7.25. The fourth-order valence-corrected chi connectivity index (χ4v) is 2.87. The number of nitrogens with one attached hydrogen (secondary N) is 2. The molecule has 3 N–H and O–H groups in total. The highest BCUT2D eigenvalue weighted by Crippen LogP contribution is 2.25. The van der Waals surface area contributed by atoms with E-state index in [1.807, 2.05) is 30.3 Å². The number of hydrogen-bond acceptors (Lipinski definition) is 4. The Kier molecular flexibility index (Phi) is 6.99. The predicted molar refractivity (Wildman–Crippen MR) is 101 cm³/mol. The molecule has 2 aromatic carbocycles. The monoisotopic (exact) mass is 390 g/mol. The van der Waals surface area contributed by atoms with Crippen LogP contribution in [0.5, 0.6) is 0 Å². The van der Waals surface area contributed by atoms with Gasteiger partial charge >= 0.3 is 0 Å². The van der Waals surface area contributed by atoms with Crippen molar-refractivity contribution in [3.63, 3.8) is 0 Å². The topological polar surface area (TPSA) is 78.4 Å². The fraction of sp³-hybridized carbons (Fsp3) is 0.333. The van der Waals surface area contributed by atoms with E-state index in [-0.39, 0.29) is 12.0 Å². The van der Waals surface area contributed by atoms with Gasteiger partial charge in [-0.15, -0.1) is 0 Å². The molecule has 0 aliphatic rings. The average molecular weight is 390 g/mol. The lowest BCUT2D eigenvalue weighted by molar-refractivity contribution is -0.131. The molecule has 0 saturated carbocycles. The molecular formula is C21H24F2N2O3. The van der Waals surface area contributed by atoms with Crippen molar-refractivity contribution in [3.05, 3.63) is 71.3 Å². The van der Waals surface area contributed by atoms with E-state index in [1.54, 1.807) is 20.8 Å². The van der Waals surface area contributed by atoms with Gasteiger partial charge in [-0.2, -0.15) is 0 Å². The van der Waals surface area contributed by atoms with Gasteiger partial charge in [-0.3, -0.25) is 20.2 Å². The third-order valence-electron chi connectivity index (χ3n) is 4.20. The highest BCUT2D eigenvalue weighted by molar-refractivity contribution is 5.98. The largest absolute Gasteiger partial charge is 0.388 e. The second-order valence-corrected chi connectivity index (χ2v) is 7.25. The Morgan fingerprint density at radius 1 is 1.07 bits per heavy atom. The predicted octanol–water partition coefficient (Wildman–Crippen LogP) is 2.64. The van der Waals surface area contributed by atoms with E-state index in [9.17, 15) is 23.5 Å². The van der Waals surface area contributed by atoms with Crippen LogP contribution in [-0.2, 0) is 16.0 Å². The maximum Gasteiger partial charge on any atom is 0.243 e. The minimum absolute atomic E-state index is 0.127. The Bertz CT molecular complexity index is 815. The van der Waals surface area contributed by atoms with E-state index in [2.05, 4.69) is 10.6 Å². The first-order valence-electron chi connectivity index (χ1n) is 8.88. The van der Waals surface area contributed by atoms with Crippen molar-refractivity contribution in [1.29, 1.82) is 0 Å². The summed E-state index contributed by atoms with van der Waals surface area (Å²) in [7, 11) is 0. The smallest absolute Gasteiger partial charge is 0.243 e. The molecule has 0 heterocycles. The third-order valence-corrected chi connectivity index (χ3v) is 4.20. The van der Waals surface area contributed by atoms with Crippen LogP contribution in [0.4, 0.5) is 8.78 Å². The normalized spacial score (nSPS) is 13.6. The zero-order valence-electron chi connectivity index (χ0n) is 16.0. The molecule has 28 heavy (non-hydrogen) atoms. The number of amides is 2. The van der Waals surface area contributed by atoms with E-state index in [4.69, 9.17) is 0 Å². The first kappa shape index (κ1) is 21.7. The molecule has 0 radical (unpaired) electrons. The van der Waals surface area contributed by atoms with Crippen molar-refractivity contribution in [2.24, 2.45) is 0 Å². The van der Waals surface area contributed by atoms with Gasteiger partial charge in [0.05, 0.1) is 24.1 Å². The van der Waals surface area contributed by atoms with Gasteiger partial charge in [0.1, 0.15) is 11.6 Å². The summed E-state index contributed by atoms with van der Waals surface area (Å²) in [6.45, 7) is 4.80. The number of imide groups is 1. The molecule has 0 fully saturated rings. The molecule has 0 bridgehead atoms. The summed E-state index contributed by atoms with van der Waals surface area (Å²) in [6, 6.07) is 10.6. The minimum Gasteiger partial charge on any atom is -0.388 e. The standard InChI is InChI=1S/C21H24F2N2O3/c1-13(24-19(21(2,3)28)15-7-5-4-6-8-15)20(27)25-18(26)11-14-9-16(22)12-17(23)10-14/h4-10,12-13,19,24,28H,11H2,1-3H3,(H,25,26,27)/t13-,19?/m0/s1. The molecule has 1 unspecified atom stereocenters. The number of carbonyl (C=O) groups excluding carboxylic acids is 2. The van der Waals surface area contributed by atoms with E-state index < -0.39 is 41.1 Å². The van der Waals surface area contributed by atoms with Crippen LogP contribution in [0.1, 0.15) is 37.9 Å². The van der Waals surface area contributed by atoms with Crippen LogP contribution in [-0.4, -0.2) is 28.6 Å². The van der Waals surface area contributed by atoms with E-state index in [0.29, 0.717) is 6.07 Å². The van der Waals surface area contributed by atoms with Gasteiger partial charge in [0.2, 0.25) is 11.8 Å². The molecule has 2 amide bonds. The molecule has 0 aromatic heterocycles. The van der Waals surface area contributed by atoms with Crippen molar-refractivity contribution in [2.75, 3.05) is 0 Å². The summed E-state index contributed by atoms with van der Waals surface area (Å²) in [6.07, 6.45) is -0.333. The summed E-state index contributed by atoms with van der Waals surface area (Å²) in [4.78, 5) is 24.4. The molecule has 5 nitrogen and oxygen atoms in total. The van der Waals surface area contributed by atoms with Gasteiger partial charge in [0, 0.05) is 6.07 Å². The van der Waals surface area contributed by atoms with E-state index in [1.165, 1.54) is 0 Å². The summed E-state index contributed by atoms with van der Waals surface area (Å²) in [5.41, 5.74) is -0.253. The quantitative estimate of drug-likeness (QED) is 0.679. The minimum atomic E-state index is -1.17. The SMILES string of the molecule is C[C@H](NC(c1ccccc1)C(C)(C)O)C(=O)NC(=O)Cc1cc(F)cc(F)c1. The summed E-state index contributed by atoms with van der Waals surface area (Å²) < 4.78 is 26.4. The molecule has 7 heteroatoms. The van der Waals surface area contributed by atoms with Crippen molar-refractivity contribution >= 4 is 11.8 Å². The van der Waals surface area contributed by atoms with Crippen LogP contribution in [0.3, 0.4) is 0 Å². The number of halogens is 2. The van der Waals surface area contributed by atoms with Crippen molar-refractivity contribution in [3.8, 4) is 0 Å². The van der Waals surface area contributed by atoms with E-state index >= 15 is 0 Å². The lowest BCUT2D eigenvalue weighted by Gasteiger charge is -2.32. The van der Waals surface area contributed by atoms with Gasteiger partial charge in [-0.05, 0) is 44.0 Å². The first-order valence-corrected chi connectivity index (χ1v) is 8.88. The number of carbonyl (C=O) groups is 2. The van der Waals surface area contributed by atoms with Crippen molar-refractivity contribution in [1.82, 2.24) is 10.6 Å². The lowest BCUT2D eigenvalue weighted by atomic mass is 9.91. The molecule has 0 aliphatic heterocycles. The number of benzene rings is 2. The number of hydrogen-bond donors (Lipinski definition) is 3. The number of rotatable bonds is 7. The molecule has 2 rings (SSSR count). The van der Waals surface area contributed by atoms with Crippen molar-refractivity contribution in [2.45, 2.75) is 44.9 Å². The highest BCUT2D eigenvalue weighted by Gasteiger charge is 2.31. The Morgan fingerprint density at radius 2 is 1.64 bits per heavy atom. The fourth-order valence-electron chi connectivity index (χ4n) is 2.87. The van der Waals surface area contributed by atoms with Crippen LogP contribution in [0.2, 0.25) is 0 Å². The molecule has 0 aliphatic carbocycles. The maximum atomic E-state index is 13.2. The third kappa shape index (κ3) is 6.21. The average Bonchev–Trinajstić information content (AvgIpc) is 2.58. The Hall–Kier alpha value is -2.64. The zero-order chi connectivity index (χ0) is 20.9. The molecule has 2 aromatic rings. The molecule has 2 atom stereocenters.